The molecule has 0 spiro atoms. The van der Waals surface area contributed by atoms with Crippen LogP contribution in [0.25, 0.3) is 0 Å². The maximum Gasteiger partial charge on any atom is 0.327 e. The van der Waals surface area contributed by atoms with Gasteiger partial charge < -0.3 is 9.47 Å². The second-order valence-electron chi connectivity index (χ2n) is 2.63. The van der Waals surface area contributed by atoms with E-state index in [1.807, 2.05) is 0 Å². The van der Waals surface area contributed by atoms with Crippen LogP contribution >= 0.6 is 11.6 Å². The Kier molecular flexibility index (Phi) is 2.28. The number of rotatable bonds is 2. The highest BCUT2D eigenvalue weighted by Crippen LogP contribution is 2.50. The highest BCUT2D eigenvalue weighted by Gasteiger charge is 2.64. The maximum absolute atomic E-state index is 11.0. The van der Waals surface area contributed by atoms with E-state index in [2.05, 4.69) is 9.47 Å². The van der Waals surface area contributed by atoms with Gasteiger partial charge in [-0.15, -0.1) is 11.6 Å². The quantitative estimate of drug-likeness (QED) is 0.467. The van der Waals surface area contributed by atoms with Crippen molar-refractivity contribution < 1.29 is 19.1 Å². The van der Waals surface area contributed by atoms with E-state index in [-0.39, 0.29) is 0 Å². The van der Waals surface area contributed by atoms with Gasteiger partial charge in [-0.1, -0.05) is 0 Å². The largest absolute Gasteiger partial charge is 0.469 e. The molecule has 0 bridgehead atoms. The Bertz CT molecular complexity index is 227. The van der Waals surface area contributed by atoms with Crippen molar-refractivity contribution in [2.24, 2.45) is 5.92 Å². The van der Waals surface area contributed by atoms with Crippen LogP contribution in [-0.4, -0.2) is 31.0 Å². The minimum absolute atomic E-state index is 0.300. The molecule has 5 heteroatoms. The molecule has 1 saturated carbocycles. The lowest BCUT2D eigenvalue weighted by Crippen LogP contribution is -2.23. The number of esters is 2. The molecule has 1 aliphatic carbocycles. The van der Waals surface area contributed by atoms with Crippen LogP contribution in [0.5, 0.6) is 0 Å². The van der Waals surface area contributed by atoms with Crippen molar-refractivity contribution in [2.45, 2.75) is 11.3 Å². The molecule has 0 N–H and O–H groups in total. The van der Waals surface area contributed by atoms with Crippen molar-refractivity contribution in [1.82, 2.24) is 0 Å². The number of carbonyl (C=O) groups is 2. The first kappa shape index (κ1) is 9.32. The summed E-state index contributed by atoms with van der Waals surface area (Å²) in [5.74, 6) is -1.58. The first-order valence-electron chi connectivity index (χ1n) is 3.41. The number of carbonyl (C=O) groups excluding carboxylic acids is 2. The molecular weight excluding hydrogens is 184 g/mol. The third-order valence-corrected chi connectivity index (χ3v) is 2.48. The summed E-state index contributed by atoms with van der Waals surface area (Å²) in [7, 11) is 2.49. The lowest BCUT2D eigenvalue weighted by Gasteiger charge is -2.04. The molecule has 68 valence electrons. The summed E-state index contributed by atoms with van der Waals surface area (Å²) in [4.78, 5) is 20.7. The monoisotopic (exact) mass is 192 g/mol. The van der Waals surface area contributed by atoms with E-state index in [0.29, 0.717) is 6.42 Å². The predicted octanol–water partition coefficient (Wildman–Crippen LogP) is 0.330. The Labute approximate surface area is 74.8 Å². The van der Waals surface area contributed by atoms with Gasteiger partial charge in [0.15, 0.2) is 4.87 Å². The first-order valence-corrected chi connectivity index (χ1v) is 3.79. The number of hydrogen-bond donors (Lipinski definition) is 0. The number of hydrogen-bond acceptors (Lipinski definition) is 4. The van der Waals surface area contributed by atoms with Gasteiger partial charge in [0.05, 0.1) is 20.1 Å². The van der Waals surface area contributed by atoms with Crippen molar-refractivity contribution in [1.29, 1.82) is 0 Å². The third-order valence-electron chi connectivity index (χ3n) is 1.90. The molecule has 12 heavy (non-hydrogen) atoms. The van der Waals surface area contributed by atoms with E-state index >= 15 is 0 Å². The molecule has 4 nitrogen and oxygen atoms in total. The van der Waals surface area contributed by atoms with Crippen LogP contribution in [0.2, 0.25) is 0 Å². The predicted molar refractivity (Wildman–Crippen MR) is 40.7 cm³/mol. The van der Waals surface area contributed by atoms with E-state index < -0.39 is 22.7 Å². The van der Waals surface area contributed by atoms with Crippen LogP contribution in [0.1, 0.15) is 6.42 Å². The zero-order chi connectivity index (χ0) is 9.35. The van der Waals surface area contributed by atoms with Gasteiger partial charge in [-0.25, -0.2) is 0 Å². The van der Waals surface area contributed by atoms with E-state index in [0.717, 1.165) is 0 Å². The minimum Gasteiger partial charge on any atom is -0.469 e. The number of alkyl halides is 1. The molecule has 1 rings (SSSR count). The Morgan fingerprint density at radius 1 is 1.42 bits per heavy atom. The molecular formula is C7H9ClO4. The van der Waals surface area contributed by atoms with Crippen molar-refractivity contribution >= 4 is 23.5 Å². The van der Waals surface area contributed by atoms with Gasteiger partial charge in [-0.05, 0) is 6.42 Å². The Morgan fingerprint density at radius 2 is 2.00 bits per heavy atom. The fourth-order valence-electron chi connectivity index (χ4n) is 1.05. The van der Waals surface area contributed by atoms with Gasteiger partial charge in [0.2, 0.25) is 0 Å². The fourth-order valence-corrected chi connectivity index (χ4v) is 1.37. The van der Waals surface area contributed by atoms with Crippen LogP contribution < -0.4 is 0 Å². The summed E-state index contributed by atoms with van der Waals surface area (Å²) < 4.78 is 8.86. The molecule has 2 unspecified atom stereocenters. The molecule has 0 aromatic heterocycles. The van der Waals surface area contributed by atoms with E-state index in [1.54, 1.807) is 0 Å². The van der Waals surface area contributed by atoms with E-state index in [4.69, 9.17) is 11.6 Å². The van der Waals surface area contributed by atoms with Crippen LogP contribution in [0, 0.1) is 5.92 Å². The summed E-state index contributed by atoms with van der Waals surface area (Å²) in [6.07, 6.45) is 0.300. The Balaban J connectivity index is 2.59. The molecule has 0 heterocycles. The Hall–Kier alpha value is -0.770. The van der Waals surface area contributed by atoms with E-state index in [1.165, 1.54) is 14.2 Å². The minimum atomic E-state index is -1.16. The second kappa shape index (κ2) is 2.94. The lowest BCUT2D eigenvalue weighted by molar-refractivity contribution is -0.147. The SMILES string of the molecule is COC(=O)C1CC1(Cl)C(=O)OC. The smallest absolute Gasteiger partial charge is 0.327 e. The van der Waals surface area contributed by atoms with Gasteiger partial charge in [0.25, 0.3) is 0 Å². The highest BCUT2D eigenvalue weighted by atomic mass is 35.5. The van der Waals surface area contributed by atoms with Crippen LogP contribution in [0.15, 0.2) is 0 Å². The van der Waals surface area contributed by atoms with Gasteiger partial charge >= 0.3 is 11.9 Å². The van der Waals surface area contributed by atoms with Crippen LogP contribution in [0.3, 0.4) is 0 Å². The highest BCUT2D eigenvalue weighted by molar-refractivity contribution is 6.38. The zero-order valence-corrected chi connectivity index (χ0v) is 7.55. The Morgan fingerprint density at radius 3 is 2.42 bits per heavy atom. The zero-order valence-electron chi connectivity index (χ0n) is 6.80. The van der Waals surface area contributed by atoms with Crippen molar-refractivity contribution in [3.8, 4) is 0 Å². The summed E-state index contributed by atoms with van der Waals surface area (Å²) >= 11 is 5.76. The van der Waals surface area contributed by atoms with Gasteiger partial charge in [0.1, 0.15) is 0 Å². The molecule has 0 aromatic rings. The molecule has 2 atom stereocenters. The van der Waals surface area contributed by atoms with Crippen molar-refractivity contribution in [2.75, 3.05) is 14.2 Å². The average Bonchev–Trinajstić information content (AvgIpc) is 2.76. The van der Waals surface area contributed by atoms with Gasteiger partial charge in [-0.2, -0.15) is 0 Å². The second-order valence-corrected chi connectivity index (χ2v) is 3.31. The van der Waals surface area contributed by atoms with Crippen LogP contribution in [0.4, 0.5) is 0 Å². The van der Waals surface area contributed by atoms with E-state index in [9.17, 15) is 9.59 Å². The summed E-state index contributed by atoms with van der Waals surface area (Å²) in [5.41, 5.74) is 0. The normalized spacial score (nSPS) is 32.4. The molecule has 0 aromatic carbocycles. The third kappa shape index (κ3) is 1.27. The number of methoxy groups -OCH3 is 2. The molecule has 0 aliphatic heterocycles. The van der Waals surface area contributed by atoms with Crippen LogP contribution in [-0.2, 0) is 19.1 Å². The molecule has 1 fully saturated rings. The summed E-state index contributed by atoms with van der Waals surface area (Å²) in [6, 6.07) is 0. The first-order chi connectivity index (χ1) is 5.56. The number of halogens is 1. The molecule has 0 radical (unpaired) electrons. The molecule has 0 saturated heterocycles. The summed E-state index contributed by atoms with van der Waals surface area (Å²) in [5, 5.41) is 0. The standard InChI is InChI=1S/C7H9ClO4/c1-11-5(9)4-3-7(4,8)6(10)12-2/h4H,3H2,1-2H3. The lowest BCUT2D eigenvalue weighted by atomic mass is 10.3. The van der Waals surface area contributed by atoms with Gasteiger partial charge in [0, 0.05) is 0 Å². The maximum atomic E-state index is 11.0. The molecule has 0 amide bonds. The molecule has 1 aliphatic rings. The average molecular weight is 193 g/mol. The summed E-state index contributed by atoms with van der Waals surface area (Å²) in [6.45, 7) is 0. The van der Waals surface area contributed by atoms with Gasteiger partial charge in [-0.3, -0.25) is 9.59 Å². The topological polar surface area (TPSA) is 52.6 Å². The fraction of sp³-hybridized carbons (Fsp3) is 0.714. The van der Waals surface area contributed by atoms with Crippen molar-refractivity contribution in [3.05, 3.63) is 0 Å². The number of ether oxygens (including phenoxy) is 2. The van der Waals surface area contributed by atoms with Crippen molar-refractivity contribution in [3.63, 3.8) is 0 Å².